The second-order valence-corrected chi connectivity index (χ2v) is 6.54. The number of fused-ring (bicyclic) bond motifs is 1. The molecule has 0 unspecified atom stereocenters. The maximum absolute atomic E-state index is 12.2. The highest BCUT2D eigenvalue weighted by atomic mass is 16.1. The topological polar surface area (TPSA) is 93.9 Å². The van der Waals surface area contributed by atoms with Gasteiger partial charge in [-0.15, -0.1) is 0 Å². The Bertz CT molecular complexity index is 987. The average Bonchev–Trinajstić information content (AvgIpc) is 2.98. The fourth-order valence-electron chi connectivity index (χ4n) is 2.96. The molecule has 0 bridgehead atoms. The first-order valence-electron chi connectivity index (χ1n) is 8.57. The van der Waals surface area contributed by atoms with E-state index in [2.05, 4.69) is 25.2 Å². The number of para-hydroxylation sites is 1. The zero-order valence-corrected chi connectivity index (χ0v) is 15.2. The molecule has 26 heavy (non-hydrogen) atoms. The van der Waals surface area contributed by atoms with Gasteiger partial charge in [-0.3, -0.25) is 9.59 Å². The Labute approximate surface area is 151 Å². The summed E-state index contributed by atoms with van der Waals surface area (Å²) in [4.78, 5) is 36.8. The molecule has 0 atom stereocenters. The fourth-order valence-corrected chi connectivity index (χ4v) is 2.96. The molecule has 0 radical (unpaired) electrons. The van der Waals surface area contributed by atoms with Gasteiger partial charge in [0, 0.05) is 23.5 Å². The first kappa shape index (κ1) is 17.9. The lowest BCUT2D eigenvalue weighted by atomic mass is 10.1. The normalized spacial score (nSPS) is 11.2. The molecular formula is C19H23N5O2. The maximum atomic E-state index is 12.2. The number of carbonyl (C=O) groups is 1. The van der Waals surface area contributed by atoms with Crippen LogP contribution in [-0.4, -0.2) is 52.8 Å². The van der Waals surface area contributed by atoms with Gasteiger partial charge in [0.15, 0.2) is 11.6 Å². The molecule has 0 saturated heterocycles. The van der Waals surface area contributed by atoms with Gasteiger partial charge in [-0.2, -0.15) is 0 Å². The van der Waals surface area contributed by atoms with Crippen molar-refractivity contribution in [2.24, 2.45) is 0 Å². The first-order chi connectivity index (χ1) is 12.5. The summed E-state index contributed by atoms with van der Waals surface area (Å²) in [6.45, 7) is 3.17. The number of aromatic amines is 2. The molecule has 0 aliphatic heterocycles. The van der Waals surface area contributed by atoms with Crippen molar-refractivity contribution in [2.75, 3.05) is 32.5 Å². The molecule has 0 aliphatic carbocycles. The van der Waals surface area contributed by atoms with Crippen LogP contribution in [0.25, 0.3) is 22.4 Å². The molecule has 0 amide bonds. The Morgan fingerprint density at radius 2 is 2.00 bits per heavy atom. The molecule has 3 rings (SSSR count). The van der Waals surface area contributed by atoms with Crippen LogP contribution in [0.15, 0.2) is 35.1 Å². The number of anilines is 1. The second-order valence-electron chi connectivity index (χ2n) is 6.54. The molecule has 7 nitrogen and oxygen atoms in total. The van der Waals surface area contributed by atoms with Crippen molar-refractivity contribution in [1.29, 1.82) is 0 Å². The van der Waals surface area contributed by atoms with Gasteiger partial charge >= 0.3 is 0 Å². The number of hydrogen-bond acceptors (Lipinski definition) is 5. The third-order valence-electron chi connectivity index (χ3n) is 4.12. The van der Waals surface area contributed by atoms with Crippen LogP contribution in [0.5, 0.6) is 0 Å². The quantitative estimate of drug-likeness (QED) is 0.448. The molecule has 0 aliphatic rings. The average molecular weight is 353 g/mol. The lowest BCUT2D eigenvalue weighted by Gasteiger charge is -2.10. The molecule has 2 aromatic heterocycles. The van der Waals surface area contributed by atoms with Gasteiger partial charge in [0.05, 0.1) is 11.3 Å². The summed E-state index contributed by atoms with van der Waals surface area (Å²) in [6, 6.07) is 8.98. The zero-order valence-electron chi connectivity index (χ0n) is 15.2. The van der Waals surface area contributed by atoms with E-state index in [9.17, 15) is 9.59 Å². The minimum Gasteiger partial charge on any atom is -0.370 e. The molecule has 0 spiro atoms. The van der Waals surface area contributed by atoms with Crippen LogP contribution in [0.4, 0.5) is 5.82 Å². The number of H-pyrrole nitrogens is 2. The largest absolute Gasteiger partial charge is 0.370 e. The molecule has 0 saturated carbocycles. The Hall–Kier alpha value is -2.93. The number of nitrogens with one attached hydrogen (secondary N) is 3. The smallest absolute Gasteiger partial charge is 0.253 e. The molecule has 136 valence electrons. The van der Waals surface area contributed by atoms with Crippen molar-refractivity contribution in [3.63, 3.8) is 0 Å². The molecular weight excluding hydrogens is 330 g/mol. The fraction of sp³-hybridized carbons (Fsp3) is 0.316. The van der Waals surface area contributed by atoms with E-state index in [4.69, 9.17) is 0 Å². The SMILES string of the molecule is CC(=O)c1c(-c2nc(NCCCN(C)C)cc(=O)[nH]2)[nH]c2ccccc12. The molecule has 3 aromatic rings. The summed E-state index contributed by atoms with van der Waals surface area (Å²) in [5, 5.41) is 4.00. The van der Waals surface area contributed by atoms with E-state index in [0.717, 1.165) is 23.9 Å². The number of Topliss-reactive ketones (excluding diaryl/α,β-unsaturated/α-hetero) is 1. The Kier molecular flexibility index (Phi) is 5.18. The van der Waals surface area contributed by atoms with E-state index in [-0.39, 0.29) is 11.3 Å². The van der Waals surface area contributed by atoms with E-state index in [1.165, 1.54) is 13.0 Å². The summed E-state index contributed by atoms with van der Waals surface area (Å²) in [5.74, 6) is 0.772. The predicted octanol–water partition coefficient (Wildman–Crippen LogP) is 2.48. The molecule has 1 aromatic carbocycles. The van der Waals surface area contributed by atoms with Gasteiger partial charge in [-0.1, -0.05) is 18.2 Å². The zero-order chi connectivity index (χ0) is 18.7. The van der Waals surface area contributed by atoms with Gasteiger partial charge in [0.1, 0.15) is 5.82 Å². The van der Waals surface area contributed by atoms with E-state index in [0.29, 0.717) is 29.4 Å². The third-order valence-corrected chi connectivity index (χ3v) is 4.12. The van der Waals surface area contributed by atoms with Gasteiger partial charge < -0.3 is 20.2 Å². The standard InChI is InChI=1S/C19H23N5O2/c1-12(25)17-13-7-4-5-8-14(13)21-18(17)19-22-15(11-16(26)23-19)20-9-6-10-24(2)3/h4-5,7-8,11,21H,6,9-10H2,1-3H3,(H2,20,22,23,26). The number of hydrogen-bond donors (Lipinski definition) is 3. The number of ketones is 1. The Morgan fingerprint density at radius 3 is 2.73 bits per heavy atom. The molecule has 0 fully saturated rings. The Balaban J connectivity index is 1.97. The van der Waals surface area contributed by atoms with E-state index in [1.807, 2.05) is 38.4 Å². The van der Waals surface area contributed by atoms with Gasteiger partial charge in [0.25, 0.3) is 5.56 Å². The molecule has 2 heterocycles. The van der Waals surface area contributed by atoms with Crippen molar-refractivity contribution in [1.82, 2.24) is 19.9 Å². The maximum Gasteiger partial charge on any atom is 0.253 e. The summed E-state index contributed by atoms with van der Waals surface area (Å²) < 4.78 is 0. The second kappa shape index (κ2) is 7.53. The Morgan fingerprint density at radius 1 is 1.23 bits per heavy atom. The number of aromatic nitrogens is 3. The number of benzene rings is 1. The summed E-state index contributed by atoms with van der Waals surface area (Å²) in [5.41, 5.74) is 1.64. The predicted molar refractivity (Wildman–Crippen MR) is 104 cm³/mol. The van der Waals surface area contributed by atoms with Crippen LogP contribution in [0.2, 0.25) is 0 Å². The summed E-state index contributed by atoms with van der Waals surface area (Å²) in [7, 11) is 4.03. The van der Waals surface area contributed by atoms with Crippen LogP contribution in [0, 0.1) is 0 Å². The van der Waals surface area contributed by atoms with Crippen molar-refractivity contribution in [3.8, 4) is 11.5 Å². The summed E-state index contributed by atoms with van der Waals surface area (Å²) >= 11 is 0. The van der Waals surface area contributed by atoms with Gasteiger partial charge in [-0.25, -0.2) is 4.98 Å². The van der Waals surface area contributed by atoms with Crippen molar-refractivity contribution < 1.29 is 4.79 Å². The molecule has 3 N–H and O–H groups in total. The van der Waals surface area contributed by atoms with Gasteiger partial charge in [-0.05, 0) is 40.1 Å². The van der Waals surface area contributed by atoms with E-state index in [1.54, 1.807) is 0 Å². The van der Waals surface area contributed by atoms with Crippen molar-refractivity contribution in [2.45, 2.75) is 13.3 Å². The highest BCUT2D eigenvalue weighted by Gasteiger charge is 2.18. The van der Waals surface area contributed by atoms with E-state index >= 15 is 0 Å². The van der Waals surface area contributed by atoms with Crippen LogP contribution in [0.1, 0.15) is 23.7 Å². The minimum absolute atomic E-state index is 0.0792. The van der Waals surface area contributed by atoms with E-state index < -0.39 is 0 Å². The highest BCUT2D eigenvalue weighted by molar-refractivity contribution is 6.11. The number of rotatable bonds is 7. The third kappa shape index (κ3) is 3.83. The lowest BCUT2D eigenvalue weighted by Crippen LogP contribution is -2.18. The van der Waals surface area contributed by atoms with Crippen molar-refractivity contribution in [3.05, 3.63) is 46.2 Å². The first-order valence-corrected chi connectivity index (χ1v) is 8.57. The van der Waals surface area contributed by atoms with Crippen LogP contribution < -0.4 is 10.9 Å². The van der Waals surface area contributed by atoms with Crippen LogP contribution >= 0.6 is 0 Å². The summed E-state index contributed by atoms with van der Waals surface area (Å²) in [6.07, 6.45) is 0.932. The van der Waals surface area contributed by atoms with Crippen LogP contribution in [0.3, 0.4) is 0 Å². The van der Waals surface area contributed by atoms with Gasteiger partial charge in [0.2, 0.25) is 0 Å². The lowest BCUT2D eigenvalue weighted by molar-refractivity contribution is 0.102. The highest BCUT2D eigenvalue weighted by Crippen LogP contribution is 2.28. The number of nitrogens with zero attached hydrogens (tertiary/aromatic N) is 2. The number of carbonyl (C=O) groups excluding carboxylic acids is 1. The van der Waals surface area contributed by atoms with Crippen molar-refractivity contribution >= 4 is 22.5 Å². The monoisotopic (exact) mass is 353 g/mol. The molecule has 7 heteroatoms. The van der Waals surface area contributed by atoms with Crippen LogP contribution in [-0.2, 0) is 0 Å². The minimum atomic E-state index is -0.265.